The molecular formula is C13H18N2O2. The van der Waals surface area contributed by atoms with Crippen molar-refractivity contribution in [3.8, 4) is 0 Å². The van der Waals surface area contributed by atoms with Crippen LogP contribution in [0, 0.1) is 5.92 Å². The lowest BCUT2D eigenvalue weighted by Crippen LogP contribution is -2.42. The van der Waals surface area contributed by atoms with Crippen LogP contribution in [0.2, 0.25) is 0 Å². The molecule has 0 bridgehead atoms. The summed E-state index contributed by atoms with van der Waals surface area (Å²) in [5.41, 5.74) is 0.960. The van der Waals surface area contributed by atoms with Gasteiger partial charge < -0.3 is 10.4 Å². The number of rotatable bonds is 4. The molecule has 2 rings (SSSR count). The maximum Gasteiger partial charge on any atom is 0.308 e. The molecule has 0 spiro atoms. The number of aliphatic carboxylic acids is 1. The Morgan fingerprint density at radius 3 is 2.94 bits per heavy atom. The summed E-state index contributed by atoms with van der Waals surface area (Å²) in [6.07, 6.45) is 5.63. The van der Waals surface area contributed by atoms with Crippen LogP contribution in [0.3, 0.4) is 0 Å². The number of nitrogens with one attached hydrogen (secondary N) is 1. The summed E-state index contributed by atoms with van der Waals surface area (Å²) in [5, 5.41) is 12.5. The van der Waals surface area contributed by atoms with E-state index in [4.69, 9.17) is 5.11 Å². The van der Waals surface area contributed by atoms with Crippen molar-refractivity contribution in [3.63, 3.8) is 0 Å². The zero-order chi connectivity index (χ0) is 12.1. The molecule has 1 fully saturated rings. The third-order valence-electron chi connectivity index (χ3n) is 3.35. The highest BCUT2D eigenvalue weighted by atomic mass is 16.4. The molecule has 0 aromatic carbocycles. The predicted octanol–water partition coefficient (Wildman–Crippen LogP) is 1.81. The largest absolute Gasteiger partial charge is 0.481 e. The van der Waals surface area contributed by atoms with Crippen molar-refractivity contribution < 1.29 is 9.90 Å². The minimum atomic E-state index is -0.678. The van der Waals surface area contributed by atoms with Crippen molar-refractivity contribution in [1.82, 2.24) is 10.3 Å². The zero-order valence-corrected chi connectivity index (χ0v) is 9.80. The van der Waals surface area contributed by atoms with E-state index < -0.39 is 5.97 Å². The van der Waals surface area contributed by atoms with Gasteiger partial charge in [0.25, 0.3) is 0 Å². The summed E-state index contributed by atoms with van der Waals surface area (Å²) >= 11 is 0. The van der Waals surface area contributed by atoms with Gasteiger partial charge >= 0.3 is 5.97 Å². The molecule has 1 aliphatic carbocycles. The molecule has 92 valence electrons. The van der Waals surface area contributed by atoms with Gasteiger partial charge in [-0.05, 0) is 25.0 Å². The summed E-state index contributed by atoms with van der Waals surface area (Å²) in [7, 11) is 0. The van der Waals surface area contributed by atoms with Crippen LogP contribution in [0.5, 0.6) is 0 Å². The van der Waals surface area contributed by atoms with E-state index in [1.807, 2.05) is 18.2 Å². The lowest BCUT2D eigenvalue weighted by Gasteiger charge is -2.29. The number of nitrogens with zero attached hydrogens (tertiary/aromatic N) is 1. The maximum absolute atomic E-state index is 11.1. The summed E-state index contributed by atoms with van der Waals surface area (Å²) in [4.78, 5) is 15.3. The molecule has 1 aromatic heterocycles. The highest BCUT2D eigenvalue weighted by Gasteiger charge is 2.30. The molecule has 4 heteroatoms. The molecular weight excluding hydrogens is 216 g/mol. The van der Waals surface area contributed by atoms with Crippen LogP contribution in [-0.4, -0.2) is 22.1 Å². The molecule has 1 aromatic rings. The summed E-state index contributed by atoms with van der Waals surface area (Å²) in [5.74, 6) is -0.921. The Morgan fingerprint density at radius 2 is 2.24 bits per heavy atom. The minimum absolute atomic E-state index is 0.0863. The van der Waals surface area contributed by atoms with Gasteiger partial charge in [-0.2, -0.15) is 0 Å². The molecule has 1 aliphatic rings. The Bertz CT molecular complexity index is 367. The Morgan fingerprint density at radius 1 is 1.41 bits per heavy atom. The quantitative estimate of drug-likeness (QED) is 0.834. The van der Waals surface area contributed by atoms with E-state index in [9.17, 15) is 4.79 Å². The summed E-state index contributed by atoms with van der Waals surface area (Å²) < 4.78 is 0. The summed E-state index contributed by atoms with van der Waals surface area (Å²) in [6, 6.07) is 5.86. The number of pyridine rings is 1. The number of carbonyl (C=O) groups is 1. The molecule has 0 aliphatic heterocycles. The van der Waals surface area contributed by atoms with Gasteiger partial charge in [0.05, 0.1) is 11.6 Å². The van der Waals surface area contributed by atoms with Crippen LogP contribution in [-0.2, 0) is 11.3 Å². The Balaban J connectivity index is 1.90. The topological polar surface area (TPSA) is 62.2 Å². The average molecular weight is 234 g/mol. The van der Waals surface area contributed by atoms with Crippen LogP contribution in [0.25, 0.3) is 0 Å². The first-order valence-corrected chi connectivity index (χ1v) is 6.13. The lowest BCUT2D eigenvalue weighted by molar-refractivity contribution is -0.143. The minimum Gasteiger partial charge on any atom is -0.481 e. The van der Waals surface area contributed by atoms with Crippen molar-refractivity contribution in [2.75, 3.05) is 0 Å². The van der Waals surface area contributed by atoms with Crippen molar-refractivity contribution >= 4 is 5.97 Å². The lowest BCUT2D eigenvalue weighted by atomic mass is 9.84. The Kier molecular flexibility index (Phi) is 4.09. The monoisotopic (exact) mass is 234 g/mol. The van der Waals surface area contributed by atoms with Gasteiger partial charge in [0.1, 0.15) is 0 Å². The Hall–Kier alpha value is -1.42. The third-order valence-corrected chi connectivity index (χ3v) is 3.35. The van der Waals surface area contributed by atoms with Crippen molar-refractivity contribution in [3.05, 3.63) is 30.1 Å². The number of hydrogen-bond donors (Lipinski definition) is 2. The molecule has 2 atom stereocenters. The fourth-order valence-corrected chi connectivity index (χ4v) is 2.41. The summed E-state index contributed by atoms with van der Waals surface area (Å²) in [6.45, 7) is 0.648. The fourth-order valence-electron chi connectivity index (χ4n) is 2.41. The van der Waals surface area contributed by atoms with E-state index in [-0.39, 0.29) is 12.0 Å². The van der Waals surface area contributed by atoms with Gasteiger partial charge in [0.2, 0.25) is 0 Å². The van der Waals surface area contributed by atoms with Crippen LogP contribution in [0.15, 0.2) is 24.4 Å². The van der Waals surface area contributed by atoms with E-state index in [1.165, 1.54) is 0 Å². The van der Waals surface area contributed by atoms with Gasteiger partial charge in [-0.1, -0.05) is 18.9 Å². The second kappa shape index (κ2) is 5.77. The molecule has 0 unspecified atom stereocenters. The van der Waals surface area contributed by atoms with Gasteiger partial charge in [0, 0.05) is 18.8 Å². The van der Waals surface area contributed by atoms with Gasteiger partial charge in [-0.3, -0.25) is 9.78 Å². The van der Waals surface area contributed by atoms with E-state index in [0.29, 0.717) is 6.54 Å². The second-order valence-electron chi connectivity index (χ2n) is 4.54. The van der Waals surface area contributed by atoms with E-state index in [0.717, 1.165) is 31.4 Å². The second-order valence-corrected chi connectivity index (χ2v) is 4.54. The standard InChI is InChI=1S/C13H18N2O2/c16-13(17)11-6-1-2-7-12(11)15-9-10-5-3-4-8-14-10/h3-5,8,11-12,15H,1-2,6-7,9H2,(H,16,17)/t11-,12-/m0/s1. The first kappa shape index (κ1) is 12.0. The third kappa shape index (κ3) is 3.27. The molecule has 4 nitrogen and oxygen atoms in total. The number of carboxylic acids is 1. The zero-order valence-electron chi connectivity index (χ0n) is 9.80. The van der Waals surface area contributed by atoms with Gasteiger partial charge in [-0.25, -0.2) is 0 Å². The van der Waals surface area contributed by atoms with Crippen molar-refractivity contribution in [2.24, 2.45) is 5.92 Å². The molecule has 0 saturated heterocycles. The van der Waals surface area contributed by atoms with E-state index >= 15 is 0 Å². The Labute approximate surface area is 101 Å². The molecule has 1 saturated carbocycles. The van der Waals surface area contributed by atoms with Crippen LogP contribution in [0.4, 0.5) is 0 Å². The first-order valence-electron chi connectivity index (χ1n) is 6.13. The normalized spacial score (nSPS) is 24.5. The van der Waals surface area contributed by atoms with E-state index in [1.54, 1.807) is 6.20 Å². The molecule has 0 amide bonds. The van der Waals surface area contributed by atoms with Crippen LogP contribution >= 0.6 is 0 Å². The molecule has 0 radical (unpaired) electrons. The first-order chi connectivity index (χ1) is 8.27. The van der Waals surface area contributed by atoms with Gasteiger partial charge in [0.15, 0.2) is 0 Å². The van der Waals surface area contributed by atoms with E-state index in [2.05, 4.69) is 10.3 Å². The number of hydrogen-bond acceptors (Lipinski definition) is 3. The average Bonchev–Trinajstić information content (AvgIpc) is 2.38. The van der Waals surface area contributed by atoms with Crippen LogP contribution < -0.4 is 5.32 Å². The highest BCUT2D eigenvalue weighted by Crippen LogP contribution is 2.24. The van der Waals surface area contributed by atoms with Gasteiger partial charge in [-0.15, -0.1) is 0 Å². The highest BCUT2D eigenvalue weighted by molar-refractivity contribution is 5.71. The molecule has 2 N–H and O–H groups in total. The smallest absolute Gasteiger partial charge is 0.308 e. The number of aromatic nitrogens is 1. The number of carboxylic acid groups (broad SMARTS) is 1. The predicted molar refractivity (Wildman–Crippen MR) is 64.5 cm³/mol. The van der Waals surface area contributed by atoms with Crippen molar-refractivity contribution in [1.29, 1.82) is 0 Å². The molecule has 1 heterocycles. The maximum atomic E-state index is 11.1. The molecule has 17 heavy (non-hydrogen) atoms. The van der Waals surface area contributed by atoms with Crippen LogP contribution in [0.1, 0.15) is 31.4 Å². The SMILES string of the molecule is O=C(O)[C@H]1CCCC[C@@H]1NCc1ccccn1. The fraction of sp³-hybridized carbons (Fsp3) is 0.538. The van der Waals surface area contributed by atoms with Crippen molar-refractivity contribution in [2.45, 2.75) is 38.3 Å².